The molecule has 0 bridgehead atoms. The smallest absolute Gasteiger partial charge is 0.328 e. The van der Waals surface area contributed by atoms with Gasteiger partial charge in [0.1, 0.15) is 11.8 Å². The number of carbonyl (C=O) groups excluding carboxylic acids is 2. The van der Waals surface area contributed by atoms with Crippen LogP contribution in [0.5, 0.6) is 5.75 Å². The molecule has 6 heteroatoms. The summed E-state index contributed by atoms with van der Waals surface area (Å²) in [6, 6.07) is 4.67. The monoisotopic (exact) mass is 355 g/mol. The van der Waals surface area contributed by atoms with Crippen molar-refractivity contribution in [2.75, 3.05) is 20.3 Å². The highest BCUT2D eigenvalue weighted by molar-refractivity contribution is 9.10. The van der Waals surface area contributed by atoms with Crippen LogP contribution in [-0.4, -0.2) is 43.1 Å². The van der Waals surface area contributed by atoms with Gasteiger partial charge in [-0.25, -0.2) is 4.79 Å². The molecule has 2 rings (SSSR count). The molecule has 1 fully saturated rings. The van der Waals surface area contributed by atoms with Crippen molar-refractivity contribution in [1.29, 1.82) is 0 Å². The molecule has 1 aromatic carbocycles. The third-order valence-corrected chi connectivity index (χ3v) is 4.09. The lowest BCUT2D eigenvalue weighted by Crippen LogP contribution is -2.41. The van der Waals surface area contributed by atoms with Crippen molar-refractivity contribution in [1.82, 2.24) is 4.90 Å². The molecule has 5 nitrogen and oxygen atoms in total. The number of ether oxygens (including phenoxy) is 2. The molecule has 114 valence electrons. The summed E-state index contributed by atoms with van der Waals surface area (Å²) in [6.07, 6.45) is 1.47. The zero-order valence-corrected chi connectivity index (χ0v) is 13.7. The molecule has 0 N–H and O–H groups in total. The van der Waals surface area contributed by atoms with Crippen LogP contribution in [0.2, 0.25) is 0 Å². The fraction of sp³-hybridized carbons (Fsp3) is 0.467. The van der Waals surface area contributed by atoms with Gasteiger partial charge in [0, 0.05) is 12.1 Å². The van der Waals surface area contributed by atoms with Gasteiger partial charge in [0.05, 0.1) is 18.2 Å². The van der Waals surface area contributed by atoms with Crippen LogP contribution in [0.3, 0.4) is 0 Å². The van der Waals surface area contributed by atoms with Gasteiger partial charge in [-0.3, -0.25) is 4.79 Å². The van der Waals surface area contributed by atoms with Crippen molar-refractivity contribution in [2.24, 2.45) is 0 Å². The molecule has 21 heavy (non-hydrogen) atoms. The summed E-state index contributed by atoms with van der Waals surface area (Å²) >= 11 is 3.37. The maximum Gasteiger partial charge on any atom is 0.328 e. The number of nitrogens with zero attached hydrogens (tertiary/aromatic N) is 1. The van der Waals surface area contributed by atoms with E-state index in [9.17, 15) is 9.59 Å². The number of esters is 1. The van der Waals surface area contributed by atoms with Gasteiger partial charge in [0.15, 0.2) is 0 Å². The maximum absolute atomic E-state index is 12.6. The van der Waals surface area contributed by atoms with Crippen molar-refractivity contribution in [2.45, 2.75) is 25.8 Å². The minimum Gasteiger partial charge on any atom is -0.496 e. The highest BCUT2D eigenvalue weighted by Crippen LogP contribution is 2.28. The summed E-state index contributed by atoms with van der Waals surface area (Å²) in [6.45, 7) is 2.66. The lowest BCUT2D eigenvalue weighted by atomic mass is 10.1. The fourth-order valence-electron chi connectivity index (χ4n) is 2.46. The standard InChI is InChI=1S/C15H18BrNO4/c1-3-21-15(19)12-5-4-8-17(12)14(18)10-6-7-13(20-2)11(16)9-10/h6-7,9,12H,3-5,8H2,1-2H3/t12-/m1/s1. The first-order valence-electron chi connectivity index (χ1n) is 6.89. The van der Waals surface area contributed by atoms with Gasteiger partial charge in [0.25, 0.3) is 5.91 Å². The van der Waals surface area contributed by atoms with Gasteiger partial charge in [-0.1, -0.05) is 0 Å². The van der Waals surface area contributed by atoms with E-state index in [4.69, 9.17) is 9.47 Å². The van der Waals surface area contributed by atoms with Gasteiger partial charge >= 0.3 is 5.97 Å². The fourth-order valence-corrected chi connectivity index (χ4v) is 3.00. The van der Waals surface area contributed by atoms with Crippen LogP contribution in [0, 0.1) is 0 Å². The zero-order valence-electron chi connectivity index (χ0n) is 12.1. The maximum atomic E-state index is 12.6. The Morgan fingerprint density at radius 1 is 1.43 bits per heavy atom. The molecule has 1 heterocycles. The van der Waals surface area contributed by atoms with Gasteiger partial charge in [-0.15, -0.1) is 0 Å². The average Bonchev–Trinajstić information content (AvgIpc) is 2.96. The highest BCUT2D eigenvalue weighted by atomic mass is 79.9. The van der Waals surface area contributed by atoms with E-state index in [1.807, 2.05) is 0 Å². The van der Waals surface area contributed by atoms with E-state index in [2.05, 4.69) is 15.9 Å². The molecule has 0 spiro atoms. The van der Waals surface area contributed by atoms with Gasteiger partial charge in [-0.2, -0.15) is 0 Å². The molecule has 0 radical (unpaired) electrons. The summed E-state index contributed by atoms with van der Waals surface area (Å²) in [7, 11) is 1.57. The quantitative estimate of drug-likeness (QED) is 0.779. The zero-order chi connectivity index (χ0) is 15.4. The van der Waals surface area contributed by atoms with Crippen LogP contribution in [0.15, 0.2) is 22.7 Å². The minimum atomic E-state index is -0.474. The molecule has 1 aliphatic rings. The SMILES string of the molecule is CCOC(=O)[C@H]1CCCN1C(=O)c1ccc(OC)c(Br)c1. The molecule has 0 aromatic heterocycles. The van der Waals surface area contributed by atoms with E-state index in [1.54, 1.807) is 37.1 Å². The number of methoxy groups -OCH3 is 1. The molecule has 1 atom stereocenters. The molecule has 0 aliphatic carbocycles. The van der Waals surface area contributed by atoms with Crippen molar-refractivity contribution in [3.8, 4) is 5.75 Å². The molecule has 1 aliphatic heterocycles. The van der Waals surface area contributed by atoms with Crippen molar-refractivity contribution >= 4 is 27.8 Å². The molecule has 0 unspecified atom stereocenters. The molecule has 1 aromatic rings. The Labute approximate surface area is 132 Å². The third kappa shape index (κ3) is 3.37. The van der Waals surface area contributed by atoms with E-state index in [1.165, 1.54) is 0 Å². The molecule has 1 saturated heterocycles. The van der Waals surface area contributed by atoms with E-state index in [-0.39, 0.29) is 11.9 Å². The summed E-state index contributed by atoms with van der Waals surface area (Å²) < 4.78 is 10.9. The van der Waals surface area contributed by atoms with E-state index >= 15 is 0 Å². The van der Waals surface area contributed by atoms with Crippen LogP contribution in [-0.2, 0) is 9.53 Å². The summed E-state index contributed by atoms with van der Waals surface area (Å²) in [5, 5.41) is 0. The highest BCUT2D eigenvalue weighted by Gasteiger charge is 2.35. The van der Waals surface area contributed by atoms with Gasteiger partial charge in [0.2, 0.25) is 0 Å². The first-order chi connectivity index (χ1) is 10.1. The van der Waals surface area contributed by atoms with Gasteiger partial charge < -0.3 is 14.4 Å². The molecular weight excluding hydrogens is 338 g/mol. The van der Waals surface area contributed by atoms with Crippen LogP contribution in [0.1, 0.15) is 30.1 Å². The average molecular weight is 356 g/mol. The topological polar surface area (TPSA) is 55.8 Å². The Morgan fingerprint density at radius 2 is 2.19 bits per heavy atom. The van der Waals surface area contributed by atoms with Crippen LogP contribution in [0.25, 0.3) is 0 Å². The Morgan fingerprint density at radius 3 is 2.81 bits per heavy atom. The molecule has 0 saturated carbocycles. The second-order valence-corrected chi connectivity index (χ2v) is 5.61. The van der Waals surface area contributed by atoms with Crippen LogP contribution in [0.4, 0.5) is 0 Å². The Hall–Kier alpha value is -1.56. The first-order valence-corrected chi connectivity index (χ1v) is 7.69. The number of amides is 1. The van der Waals surface area contributed by atoms with Crippen molar-refractivity contribution in [3.63, 3.8) is 0 Å². The Bertz CT molecular complexity index is 546. The Balaban J connectivity index is 2.18. The first kappa shape index (κ1) is 15.8. The Kier molecular flexibility index (Phi) is 5.22. The predicted molar refractivity (Wildman–Crippen MR) is 81.4 cm³/mol. The predicted octanol–water partition coefficient (Wildman–Crippen LogP) is 2.63. The minimum absolute atomic E-state index is 0.158. The van der Waals surface area contributed by atoms with Gasteiger partial charge in [-0.05, 0) is 53.9 Å². The summed E-state index contributed by atoms with van der Waals surface area (Å²) in [5.41, 5.74) is 0.527. The van der Waals surface area contributed by atoms with Crippen molar-refractivity contribution in [3.05, 3.63) is 28.2 Å². The van der Waals surface area contributed by atoms with Crippen molar-refractivity contribution < 1.29 is 19.1 Å². The molecular formula is C15H18BrNO4. The normalized spacial score (nSPS) is 17.7. The number of benzene rings is 1. The lowest BCUT2D eigenvalue weighted by molar-refractivity contribution is -0.147. The number of rotatable bonds is 4. The number of hydrogen-bond donors (Lipinski definition) is 0. The number of carbonyl (C=O) groups is 2. The van der Waals surface area contributed by atoms with Crippen LogP contribution < -0.4 is 4.74 Å². The second kappa shape index (κ2) is 6.93. The number of hydrogen-bond acceptors (Lipinski definition) is 4. The lowest BCUT2D eigenvalue weighted by Gasteiger charge is -2.23. The molecule has 1 amide bonds. The van der Waals surface area contributed by atoms with E-state index in [0.717, 1.165) is 6.42 Å². The third-order valence-electron chi connectivity index (χ3n) is 3.47. The van der Waals surface area contributed by atoms with E-state index in [0.29, 0.717) is 35.4 Å². The van der Waals surface area contributed by atoms with E-state index < -0.39 is 6.04 Å². The van der Waals surface area contributed by atoms with Crippen LogP contribution >= 0.6 is 15.9 Å². The summed E-state index contributed by atoms with van der Waals surface area (Å²) in [5.74, 6) is 0.180. The number of halogens is 1. The summed E-state index contributed by atoms with van der Waals surface area (Å²) in [4.78, 5) is 26.1. The largest absolute Gasteiger partial charge is 0.496 e. The number of likely N-dealkylation sites (tertiary alicyclic amines) is 1. The second-order valence-electron chi connectivity index (χ2n) is 4.76.